The van der Waals surface area contributed by atoms with E-state index in [1.165, 1.54) is 0 Å². The number of nitrogens with two attached hydrogens (primary N) is 1. The molecular weight excluding hydrogens is 244 g/mol. The summed E-state index contributed by atoms with van der Waals surface area (Å²) in [6.07, 6.45) is 1.03. The number of primary amides is 1. The van der Waals surface area contributed by atoms with Gasteiger partial charge >= 0.3 is 0 Å². The number of rotatable bonds is 3. The zero-order chi connectivity index (χ0) is 14.0. The van der Waals surface area contributed by atoms with Crippen molar-refractivity contribution in [2.45, 2.75) is 25.9 Å². The average Bonchev–Trinajstić information content (AvgIpc) is 2.38. The molecule has 2 atom stereocenters. The van der Waals surface area contributed by atoms with Gasteiger partial charge in [-0.25, -0.2) is 0 Å². The quantitative estimate of drug-likeness (QED) is 0.764. The molecule has 1 fully saturated rings. The van der Waals surface area contributed by atoms with Crippen LogP contribution in [0.2, 0.25) is 0 Å². The van der Waals surface area contributed by atoms with Crippen molar-refractivity contribution in [3.8, 4) is 5.75 Å². The van der Waals surface area contributed by atoms with E-state index in [2.05, 4.69) is 0 Å². The summed E-state index contributed by atoms with van der Waals surface area (Å²) in [6, 6.07) is 5.19. The Morgan fingerprint density at radius 1 is 1.53 bits per heavy atom. The van der Waals surface area contributed by atoms with Crippen molar-refractivity contribution in [2.24, 2.45) is 11.7 Å². The highest BCUT2D eigenvalue weighted by atomic mass is 16.3. The van der Waals surface area contributed by atoms with Gasteiger partial charge in [-0.1, -0.05) is 6.07 Å². The van der Waals surface area contributed by atoms with Gasteiger partial charge in [-0.3, -0.25) is 4.79 Å². The Morgan fingerprint density at radius 2 is 2.26 bits per heavy atom. The van der Waals surface area contributed by atoms with Crippen LogP contribution in [0.5, 0.6) is 5.75 Å². The van der Waals surface area contributed by atoms with Crippen LogP contribution in [-0.2, 0) is 4.79 Å². The third-order valence-electron chi connectivity index (χ3n) is 3.65. The number of piperidine rings is 1. The highest BCUT2D eigenvalue weighted by Gasteiger charge is 2.24. The lowest BCUT2D eigenvalue weighted by Crippen LogP contribution is -2.41. The number of phenolic OH excluding ortho intramolecular Hbond substituents is 1. The summed E-state index contributed by atoms with van der Waals surface area (Å²) in [4.78, 5) is 13.3. The fraction of sp³-hybridized carbons (Fsp3) is 0.500. The van der Waals surface area contributed by atoms with Crippen LogP contribution in [0.15, 0.2) is 18.2 Å². The third-order valence-corrected chi connectivity index (χ3v) is 3.65. The first-order chi connectivity index (χ1) is 8.99. The summed E-state index contributed by atoms with van der Waals surface area (Å²) in [7, 11) is 0. The van der Waals surface area contributed by atoms with Crippen molar-refractivity contribution in [2.75, 3.05) is 18.0 Å². The Morgan fingerprint density at radius 3 is 2.84 bits per heavy atom. The van der Waals surface area contributed by atoms with Gasteiger partial charge in [0.2, 0.25) is 5.91 Å². The fourth-order valence-corrected chi connectivity index (χ4v) is 2.53. The van der Waals surface area contributed by atoms with Gasteiger partial charge in [0.1, 0.15) is 5.75 Å². The minimum atomic E-state index is -0.700. The number of anilines is 1. The van der Waals surface area contributed by atoms with Crippen LogP contribution in [-0.4, -0.2) is 29.2 Å². The summed E-state index contributed by atoms with van der Waals surface area (Å²) in [5, 5.41) is 19.4. The van der Waals surface area contributed by atoms with Crippen molar-refractivity contribution in [3.63, 3.8) is 0 Å². The largest absolute Gasteiger partial charge is 0.507 e. The molecule has 0 saturated carbocycles. The molecule has 104 valence electrons. The molecule has 1 aromatic carbocycles. The summed E-state index contributed by atoms with van der Waals surface area (Å²) >= 11 is 0. The summed E-state index contributed by atoms with van der Waals surface area (Å²) in [5.74, 6) is -0.324. The first-order valence-electron chi connectivity index (χ1n) is 6.54. The predicted molar refractivity (Wildman–Crippen MR) is 72.9 cm³/mol. The van der Waals surface area contributed by atoms with E-state index in [9.17, 15) is 15.0 Å². The molecular formula is C14H20N2O3. The molecule has 1 aliphatic heterocycles. The van der Waals surface area contributed by atoms with Crippen LogP contribution in [0, 0.1) is 5.92 Å². The lowest BCUT2D eigenvalue weighted by Gasteiger charge is -2.33. The molecule has 1 aromatic rings. The van der Waals surface area contributed by atoms with E-state index in [0.717, 1.165) is 25.1 Å². The van der Waals surface area contributed by atoms with Crippen LogP contribution in [0.25, 0.3) is 0 Å². The van der Waals surface area contributed by atoms with Gasteiger partial charge in [0.05, 0.1) is 12.0 Å². The van der Waals surface area contributed by atoms with Crippen molar-refractivity contribution in [3.05, 3.63) is 23.8 Å². The van der Waals surface area contributed by atoms with E-state index in [4.69, 9.17) is 5.73 Å². The molecule has 5 heteroatoms. The lowest BCUT2D eigenvalue weighted by atomic mass is 9.96. The number of amides is 1. The second-order valence-corrected chi connectivity index (χ2v) is 5.11. The molecule has 0 aliphatic carbocycles. The number of carbonyl (C=O) groups excluding carboxylic acids is 1. The number of aromatic hydroxyl groups is 1. The van der Waals surface area contributed by atoms with E-state index < -0.39 is 6.10 Å². The number of hydrogen-bond donors (Lipinski definition) is 3. The first kappa shape index (κ1) is 13.7. The van der Waals surface area contributed by atoms with Crippen molar-refractivity contribution in [1.82, 2.24) is 0 Å². The van der Waals surface area contributed by atoms with E-state index in [1.807, 2.05) is 11.0 Å². The van der Waals surface area contributed by atoms with Crippen LogP contribution < -0.4 is 10.6 Å². The average molecular weight is 264 g/mol. The number of nitrogens with zero attached hydrogens (tertiary/aromatic N) is 1. The first-order valence-corrected chi connectivity index (χ1v) is 6.54. The Hall–Kier alpha value is -1.75. The number of aliphatic hydroxyl groups is 1. The van der Waals surface area contributed by atoms with Crippen LogP contribution in [0.3, 0.4) is 0 Å². The normalized spacial score (nSPS) is 21.2. The van der Waals surface area contributed by atoms with Crippen molar-refractivity contribution in [1.29, 1.82) is 0 Å². The number of carbonyl (C=O) groups is 1. The molecule has 4 N–H and O–H groups in total. The minimum absolute atomic E-state index is 0.0775. The Balaban J connectivity index is 2.18. The maximum atomic E-state index is 11.3. The Kier molecular flexibility index (Phi) is 3.95. The maximum absolute atomic E-state index is 11.3. The topological polar surface area (TPSA) is 86.8 Å². The molecule has 2 rings (SSSR count). The van der Waals surface area contributed by atoms with Crippen molar-refractivity contribution >= 4 is 11.6 Å². The number of benzene rings is 1. The second kappa shape index (κ2) is 5.48. The smallest absolute Gasteiger partial charge is 0.222 e. The summed E-state index contributed by atoms with van der Waals surface area (Å²) in [6.45, 7) is 3.04. The zero-order valence-electron chi connectivity index (χ0n) is 11.0. The highest BCUT2D eigenvalue weighted by molar-refractivity contribution is 5.77. The van der Waals surface area contributed by atoms with Crippen LogP contribution in [0.1, 0.15) is 31.4 Å². The minimum Gasteiger partial charge on any atom is -0.507 e. The molecule has 0 radical (unpaired) electrons. The van der Waals surface area contributed by atoms with Gasteiger partial charge < -0.3 is 20.8 Å². The standard InChI is InChI=1S/C14H20N2O3/c1-9(17)12-5-4-11(7-13(12)18)16-6-2-3-10(8-16)14(15)19/h4-5,7,9-10,17-18H,2-3,6,8H2,1H3,(H2,15,19). The third kappa shape index (κ3) is 2.98. The number of phenols is 1. The van der Waals surface area contributed by atoms with Gasteiger partial charge in [-0.05, 0) is 25.8 Å². The van der Waals surface area contributed by atoms with Gasteiger partial charge in [0, 0.05) is 30.4 Å². The maximum Gasteiger partial charge on any atom is 0.222 e. The Labute approximate surface area is 112 Å². The van der Waals surface area contributed by atoms with E-state index in [1.54, 1.807) is 19.1 Å². The molecule has 1 aliphatic rings. The Bertz CT molecular complexity index is 474. The molecule has 1 amide bonds. The number of hydrogen-bond acceptors (Lipinski definition) is 4. The van der Waals surface area contributed by atoms with E-state index in [-0.39, 0.29) is 17.6 Å². The fourth-order valence-electron chi connectivity index (χ4n) is 2.53. The number of aliphatic hydroxyl groups excluding tert-OH is 1. The summed E-state index contributed by atoms with van der Waals surface area (Å²) in [5.41, 5.74) is 6.71. The van der Waals surface area contributed by atoms with Gasteiger partial charge in [-0.2, -0.15) is 0 Å². The van der Waals surface area contributed by atoms with Gasteiger partial charge in [-0.15, -0.1) is 0 Å². The van der Waals surface area contributed by atoms with E-state index in [0.29, 0.717) is 12.1 Å². The van der Waals surface area contributed by atoms with Crippen LogP contribution >= 0.6 is 0 Å². The molecule has 2 unspecified atom stereocenters. The van der Waals surface area contributed by atoms with Crippen molar-refractivity contribution < 1.29 is 15.0 Å². The monoisotopic (exact) mass is 264 g/mol. The lowest BCUT2D eigenvalue weighted by molar-refractivity contribution is -0.122. The zero-order valence-corrected chi connectivity index (χ0v) is 11.0. The SMILES string of the molecule is CC(O)c1ccc(N2CCCC(C(N)=O)C2)cc1O. The molecule has 19 heavy (non-hydrogen) atoms. The summed E-state index contributed by atoms with van der Waals surface area (Å²) < 4.78 is 0. The van der Waals surface area contributed by atoms with E-state index >= 15 is 0 Å². The van der Waals surface area contributed by atoms with Gasteiger partial charge in [0.25, 0.3) is 0 Å². The molecule has 0 spiro atoms. The molecule has 1 saturated heterocycles. The second-order valence-electron chi connectivity index (χ2n) is 5.11. The molecule has 0 aromatic heterocycles. The highest BCUT2D eigenvalue weighted by Crippen LogP contribution is 2.31. The molecule has 1 heterocycles. The molecule has 5 nitrogen and oxygen atoms in total. The predicted octanol–water partition coefficient (Wildman–Crippen LogP) is 1.15. The van der Waals surface area contributed by atoms with Gasteiger partial charge in [0.15, 0.2) is 0 Å². The molecule has 0 bridgehead atoms. The van der Waals surface area contributed by atoms with Crippen LogP contribution in [0.4, 0.5) is 5.69 Å².